The van der Waals surface area contributed by atoms with Crippen molar-refractivity contribution in [1.82, 2.24) is 0 Å². The molecule has 0 aliphatic carbocycles. The van der Waals surface area contributed by atoms with Gasteiger partial charge in [0, 0.05) is 0 Å². The maximum Gasteiger partial charge on any atom is 0.264 e. The van der Waals surface area contributed by atoms with Crippen molar-refractivity contribution >= 4 is 18.4 Å². The van der Waals surface area contributed by atoms with Gasteiger partial charge in [-0.3, -0.25) is 4.18 Å². The highest BCUT2D eigenvalue weighted by Gasteiger charge is 2.43. The predicted octanol–water partition coefficient (Wildman–Crippen LogP) is 2.62. The fourth-order valence-corrected chi connectivity index (χ4v) is 4.09. The fraction of sp³-hybridized carbons (Fsp3) is 1.00. The molecule has 0 aromatic heterocycles. The fourth-order valence-electron chi connectivity index (χ4n) is 1.36. The van der Waals surface area contributed by atoms with Gasteiger partial charge in [0.1, 0.15) is 0 Å². The van der Waals surface area contributed by atoms with Crippen molar-refractivity contribution in [3.8, 4) is 0 Å². The quantitative estimate of drug-likeness (QED) is 0.409. The molecule has 104 valence electrons. The zero-order chi connectivity index (χ0) is 13.9. The second-order valence-corrected chi connectivity index (χ2v) is 12.0. The zero-order valence-electron chi connectivity index (χ0n) is 12.0. The molecule has 0 fully saturated rings. The van der Waals surface area contributed by atoms with Gasteiger partial charge in [0.25, 0.3) is 10.1 Å². The summed E-state index contributed by atoms with van der Waals surface area (Å²) >= 11 is 0. The van der Waals surface area contributed by atoms with Crippen LogP contribution in [0.2, 0.25) is 18.1 Å². The van der Waals surface area contributed by atoms with Crippen LogP contribution in [0.25, 0.3) is 0 Å². The Balaban J connectivity index is 4.29. The first-order chi connectivity index (χ1) is 7.40. The normalized spacial score (nSPS) is 14.4. The van der Waals surface area contributed by atoms with Crippen molar-refractivity contribution in [2.24, 2.45) is 5.92 Å². The molecule has 0 saturated heterocycles. The molecule has 6 heteroatoms. The third kappa shape index (κ3) is 5.50. The summed E-state index contributed by atoms with van der Waals surface area (Å²) in [6.07, 6.45) is 1.05. The van der Waals surface area contributed by atoms with Crippen LogP contribution in [0.5, 0.6) is 0 Å². The molecule has 0 radical (unpaired) electrons. The van der Waals surface area contributed by atoms with Crippen LogP contribution in [-0.2, 0) is 18.7 Å². The summed E-state index contributed by atoms with van der Waals surface area (Å²) in [5.41, 5.74) is 0. The summed E-state index contributed by atoms with van der Waals surface area (Å²) in [5, 5.41) is 0.137. The van der Waals surface area contributed by atoms with E-state index in [1.165, 1.54) is 0 Å². The van der Waals surface area contributed by atoms with Gasteiger partial charge in [-0.15, -0.1) is 0 Å². The first-order valence-electron chi connectivity index (χ1n) is 5.88. The summed E-state index contributed by atoms with van der Waals surface area (Å²) in [4.78, 5) is 0. The minimum atomic E-state index is -3.36. The van der Waals surface area contributed by atoms with E-state index >= 15 is 0 Å². The summed E-state index contributed by atoms with van der Waals surface area (Å²) in [5.74, 6) is 0.528. The smallest absolute Gasteiger partial charge is 0.264 e. The molecule has 4 nitrogen and oxygen atoms in total. The third-order valence-electron chi connectivity index (χ3n) is 3.84. The molecule has 0 aromatic rings. The highest BCUT2D eigenvalue weighted by Crippen LogP contribution is 2.44. The standard InChI is InChI=1S/C11H26O4SSi/c1-10(2)11(3,4)17(6,7)15-9-8-14-16(5,12)13/h10H,8-9H2,1-7H3. The van der Waals surface area contributed by atoms with Crippen LogP contribution in [-0.4, -0.2) is 36.2 Å². The lowest BCUT2D eigenvalue weighted by Gasteiger charge is -2.42. The van der Waals surface area contributed by atoms with Crippen molar-refractivity contribution in [1.29, 1.82) is 0 Å². The lowest BCUT2D eigenvalue weighted by atomic mass is 9.99. The average Bonchev–Trinajstić information content (AvgIpc) is 2.10. The van der Waals surface area contributed by atoms with Crippen molar-refractivity contribution < 1.29 is 17.0 Å². The van der Waals surface area contributed by atoms with E-state index in [0.29, 0.717) is 12.5 Å². The van der Waals surface area contributed by atoms with Crippen LogP contribution in [0.15, 0.2) is 0 Å². The first-order valence-corrected chi connectivity index (χ1v) is 10.6. The van der Waals surface area contributed by atoms with Crippen LogP contribution in [0.4, 0.5) is 0 Å². The molecule has 0 rings (SSSR count). The molecule has 0 heterocycles. The minimum Gasteiger partial charge on any atom is -0.414 e. The van der Waals surface area contributed by atoms with Gasteiger partial charge in [0.05, 0.1) is 19.5 Å². The van der Waals surface area contributed by atoms with E-state index in [1.807, 2.05) is 0 Å². The number of rotatable bonds is 7. The van der Waals surface area contributed by atoms with Gasteiger partial charge in [-0.05, 0) is 24.1 Å². The summed E-state index contributed by atoms with van der Waals surface area (Å²) in [6.45, 7) is 13.5. The van der Waals surface area contributed by atoms with E-state index in [9.17, 15) is 8.42 Å². The van der Waals surface area contributed by atoms with E-state index in [2.05, 4.69) is 45.0 Å². The molecule has 0 bridgehead atoms. The Morgan fingerprint density at radius 1 is 1.18 bits per heavy atom. The summed E-state index contributed by atoms with van der Waals surface area (Å²) in [6, 6.07) is 0. The highest BCUT2D eigenvalue weighted by molar-refractivity contribution is 7.85. The Labute approximate surface area is 107 Å². The monoisotopic (exact) mass is 282 g/mol. The van der Waals surface area contributed by atoms with Crippen molar-refractivity contribution in [2.45, 2.75) is 45.8 Å². The molecular formula is C11H26O4SSi. The molecule has 0 amide bonds. The van der Waals surface area contributed by atoms with E-state index in [1.54, 1.807) is 0 Å². The molecule has 0 N–H and O–H groups in total. The molecule has 0 aliphatic heterocycles. The third-order valence-corrected chi connectivity index (χ3v) is 9.04. The molecule has 0 saturated carbocycles. The highest BCUT2D eigenvalue weighted by atomic mass is 32.2. The lowest BCUT2D eigenvalue weighted by Crippen LogP contribution is -2.45. The van der Waals surface area contributed by atoms with E-state index in [4.69, 9.17) is 4.43 Å². The Morgan fingerprint density at radius 3 is 2.00 bits per heavy atom. The molecule has 0 unspecified atom stereocenters. The maximum atomic E-state index is 10.8. The van der Waals surface area contributed by atoms with Crippen molar-refractivity contribution in [3.63, 3.8) is 0 Å². The SMILES string of the molecule is CC(C)C(C)(C)[Si](C)(C)OCCOS(C)(=O)=O. The Hall–Kier alpha value is 0.0869. The molecule has 0 aromatic carbocycles. The summed E-state index contributed by atoms with van der Waals surface area (Å²) < 4.78 is 32.2. The molecule has 0 aliphatic rings. The van der Waals surface area contributed by atoms with Crippen LogP contribution >= 0.6 is 0 Å². The van der Waals surface area contributed by atoms with Crippen molar-refractivity contribution in [2.75, 3.05) is 19.5 Å². The van der Waals surface area contributed by atoms with E-state index < -0.39 is 18.4 Å². The van der Waals surface area contributed by atoms with Gasteiger partial charge in [-0.2, -0.15) is 8.42 Å². The van der Waals surface area contributed by atoms with Crippen LogP contribution < -0.4 is 0 Å². The largest absolute Gasteiger partial charge is 0.414 e. The second kappa shape index (κ2) is 5.82. The summed E-state index contributed by atoms with van der Waals surface area (Å²) in [7, 11) is -5.22. The predicted molar refractivity (Wildman–Crippen MR) is 73.1 cm³/mol. The lowest BCUT2D eigenvalue weighted by molar-refractivity contribution is 0.201. The molecule has 0 atom stereocenters. The van der Waals surface area contributed by atoms with Crippen LogP contribution in [0.1, 0.15) is 27.7 Å². The van der Waals surface area contributed by atoms with Gasteiger partial charge in [-0.25, -0.2) is 0 Å². The zero-order valence-corrected chi connectivity index (χ0v) is 13.8. The topological polar surface area (TPSA) is 52.6 Å². The Morgan fingerprint density at radius 2 is 1.65 bits per heavy atom. The van der Waals surface area contributed by atoms with Crippen molar-refractivity contribution in [3.05, 3.63) is 0 Å². The number of hydrogen-bond acceptors (Lipinski definition) is 4. The van der Waals surface area contributed by atoms with Gasteiger partial charge in [-0.1, -0.05) is 27.7 Å². The molecule has 17 heavy (non-hydrogen) atoms. The van der Waals surface area contributed by atoms with Gasteiger partial charge in [0.15, 0.2) is 8.32 Å². The van der Waals surface area contributed by atoms with E-state index in [-0.39, 0.29) is 11.6 Å². The first kappa shape index (κ1) is 17.1. The average molecular weight is 282 g/mol. The minimum absolute atomic E-state index is 0.101. The van der Waals surface area contributed by atoms with Gasteiger partial charge < -0.3 is 4.43 Å². The van der Waals surface area contributed by atoms with Crippen LogP contribution in [0.3, 0.4) is 0 Å². The van der Waals surface area contributed by atoms with Crippen LogP contribution in [0, 0.1) is 5.92 Å². The number of hydrogen-bond donors (Lipinski definition) is 0. The maximum absolute atomic E-state index is 10.8. The van der Waals surface area contributed by atoms with E-state index in [0.717, 1.165) is 6.26 Å². The molecular weight excluding hydrogens is 256 g/mol. The Bertz CT molecular complexity index is 333. The Kier molecular flexibility index (Phi) is 5.85. The van der Waals surface area contributed by atoms with Gasteiger partial charge >= 0.3 is 0 Å². The molecule has 0 spiro atoms. The second-order valence-electron chi connectivity index (χ2n) is 5.76. The van der Waals surface area contributed by atoms with Gasteiger partial charge in [0.2, 0.25) is 0 Å².